The van der Waals surface area contributed by atoms with E-state index < -0.39 is 28.1 Å². The number of urea groups is 1. The molecule has 2 atom stereocenters. The van der Waals surface area contributed by atoms with E-state index >= 15 is 0 Å². The van der Waals surface area contributed by atoms with Gasteiger partial charge in [-0.25, -0.2) is 17.5 Å². The minimum absolute atomic E-state index is 0.0000210. The van der Waals surface area contributed by atoms with Gasteiger partial charge >= 0.3 is 6.03 Å². The molecule has 4 aromatic rings. The van der Waals surface area contributed by atoms with E-state index in [2.05, 4.69) is 10.6 Å². The monoisotopic (exact) mass is 609 g/mol. The van der Waals surface area contributed by atoms with Crippen molar-refractivity contribution in [3.05, 3.63) is 125 Å². The fourth-order valence-corrected chi connectivity index (χ4v) is 6.92. The third-order valence-corrected chi connectivity index (χ3v) is 9.63. The van der Waals surface area contributed by atoms with E-state index in [1.54, 1.807) is 41.3 Å². The van der Waals surface area contributed by atoms with E-state index in [1.165, 1.54) is 6.07 Å². The highest BCUT2D eigenvalue weighted by molar-refractivity contribution is 7.89. The molecular weight excluding hydrogens is 578 g/mol. The van der Waals surface area contributed by atoms with Crippen LogP contribution in [0.1, 0.15) is 33.1 Å². The Morgan fingerprint density at radius 2 is 1.61 bits per heavy atom. The molecule has 4 N–H and O–H groups in total. The number of carbonyl (C=O) groups is 3. The molecule has 0 spiro atoms. The SMILES string of the molecule is NC(Cc1ccccc1)C(=O)Nc1ccc(C(=O)N2CCc3cc(S(=O)(=O)N4C[C@H](c5ccccc5)NC4=O)ccc32)cc1. The number of amides is 4. The van der Waals surface area contributed by atoms with E-state index in [9.17, 15) is 22.8 Å². The first-order chi connectivity index (χ1) is 21.2. The number of rotatable bonds is 8. The second-order valence-corrected chi connectivity index (χ2v) is 12.7. The third-order valence-electron chi connectivity index (χ3n) is 7.89. The number of nitrogens with zero attached hydrogens (tertiary/aromatic N) is 2. The van der Waals surface area contributed by atoms with Crippen molar-refractivity contribution in [3.8, 4) is 0 Å². The molecule has 2 aliphatic heterocycles. The summed E-state index contributed by atoms with van der Waals surface area (Å²) in [6, 6.07) is 28.0. The summed E-state index contributed by atoms with van der Waals surface area (Å²) in [5.41, 5.74) is 10.1. The summed E-state index contributed by atoms with van der Waals surface area (Å²) < 4.78 is 27.8. The molecular formula is C33H31N5O5S. The van der Waals surface area contributed by atoms with Crippen molar-refractivity contribution in [1.29, 1.82) is 0 Å². The first-order valence-corrected chi connectivity index (χ1v) is 15.7. The normalized spacial score (nSPS) is 16.8. The van der Waals surface area contributed by atoms with Gasteiger partial charge in [-0.15, -0.1) is 0 Å². The van der Waals surface area contributed by atoms with E-state index in [4.69, 9.17) is 5.73 Å². The molecule has 2 aliphatic rings. The van der Waals surface area contributed by atoms with Gasteiger partial charge in [0, 0.05) is 23.5 Å². The number of nitrogens with one attached hydrogen (secondary N) is 2. The summed E-state index contributed by atoms with van der Waals surface area (Å²) in [6.07, 6.45) is 0.872. The summed E-state index contributed by atoms with van der Waals surface area (Å²) >= 11 is 0. The van der Waals surface area contributed by atoms with Crippen LogP contribution < -0.4 is 21.3 Å². The number of sulfonamides is 1. The van der Waals surface area contributed by atoms with Gasteiger partial charge in [0.05, 0.1) is 23.5 Å². The molecule has 1 saturated heterocycles. The Labute approximate surface area is 255 Å². The van der Waals surface area contributed by atoms with Gasteiger partial charge in [-0.3, -0.25) is 9.59 Å². The second kappa shape index (κ2) is 11.9. The number of benzene rings is 4. The van der Waals surface area contributed by atoms with E-state index in [0.717, 1.165) is 15.4 Å². The quantitative estimate of drug-likeness (QED) is 0.277. The van der Waals surface area contributed by atoms with Crippen molar-refractivity contribution in [2.24, 2.45) is 5.73 Å². The standard InChI is InChI=1S/C33H31N5O5S/c34-28(19-22-7-3-1-4-8-22)31(39)35-26-13-11-24(12-14-26)32(40)37-18-17-25-20-27(15-16-30(25)37)44(42,43)38-21-29(36-33(38)41)23-9-5-2-6-10-23/h1-16,20,28-29H,17-19,21,34H2,(H,35,39)(H,36,41)/t28?,29-/m1/s1. The number of nitrogens with two attached hydrogens (primary N) is 1. The maximum Gasteiger partial charge on any atom is 0.331 e. The molecule has 11 heteroatoms. The average Bonchev–Trinajstić information content (AvgIpc) is 3.65. The molecule has 224 valence electrons. The molecule has 1 unspecified atom stereocenters. The maximum absolute atomic E-state index is 13.4. The first-order valence-electron chi connectivity index (χ1n) is 14.2. The fraction of sp³-hybridized carbons (Fsp3) is 0.182. The minimum Gasteiger partial charge on any atom is -0.328 e. The van der Waals surface area contributed by atoms with Crippen LogP contribution in [0.4, 0.5) is 16.2 Å². The van der Waals surface area contributed by atoms with Crippen LogP contribution in [0.15, 0.2) is 108 Å². The first kappa shape index (κ1) is 29.1. The summed E-state index contributed by atoms with van der Waals surface area (Å²) in [4.78, 5) is 40.2. The Hall–Kier alpha value is -5.00. The minimum atomic E-state index is -4.10. The molecule has 10 nitrogen and oxygen atoms in total. The summed E-state index contributed by atoms with van der Waals surface area (Å²) in [5, 5.41) is 5.54. The summed E-state index contributed by atoms with van der Waals surface area (Å²) in [5.74, 6) is -0.572. The Balaban J connectivity index is 1.11. The molecule has 0 saturated carbocycles. The zero-order valence-electron chi connectivity index (χ0n) is 23.7. The lowest BCUT2D eigenvalue weighted by Gasteiger charge is -2.19. The van der Waals surface area contributed by atoms with Crippen LogP contribution in [0.5, 0.6) is 0 Å². The van der Waals surface area contributed by atoms with E-state index in [0.29, 0.717) is 41.9 Å². The molecule has 0 aliphatic carbocycles. The molecule has 6 rings (SSSR count). The van der Waals surface area contributed by atoms with Crippen molar-refractivity contribution < 1.29 is 22.8 Å². The lowest BCUT2D eigenvalue weighted by molar-refractivity contribution is -0.117. The lowest BCUT2D eigenvalue weighted by Crippen LogP contribution is -2.37. The van der Waals surface area contributed by atoms with Gasteiger partial charge in [0.25, 0.3) is 15.9 Å². The maximum atomic E-state index is 13.4. The second-order valence-electron chi connectivity index (χ2n) is 10.8. The van der Waals surface area contributed by atoms with Crippen molar-refractivity contribution in [3.63, 3.8) is 0 Å². The van der Waals surface area contributed by atoms with E-state index in [-0.39, 0.29) is 23.3 Å². The van der Waals surface area contributed by atoms with Gasteiger partial charge in [0.1, 0.15) is 0 Å². The number of hydrogen-bond acceptors (Lipinski definition) is 6. The molecule has 0 radical (unpaired) electrons. The molecule has 4 aromatic carbocycles. The number of carbonyl (C=O) groups excluding carboxylic acids is 3. The van der Waals surface area contributed by atoms with Gasteiger partial charge in [0.15, 0.2) is 0 Å². The molecule has 44 heavy (non-hydrogen) atoms. The van der Waals surface area contributed by atoms with Crippen molar-refractivity contribution in [2.75, 3.05) is 23.3 Å². The molecule has 0 bridgehead atoms. The molecule has 1 fully saturated rings. The fourth-order valence-electron chi connectivity index (χ4n) is 5.52. The number of fused-ring (bicyclic) bond motifs is 1. The summed E-state index contributed by atoms with van der Waals surface area (Å²) in [7, 11) is -4.10. The highest BCUT2D eigenvalue weighted by Gasteiger charge is 2.39. The molecule has 0 aromatic heterocycles. The number of anilines is 2. The van der Waals surface area contributed by atoms with Crippen LogP contribution in [-0.2, 0) is 27.7 Å². The molecule has 2 heterocycles. The zero-order chi connectivity index (χ0) is 30.8. The van der Waals surface area contributed by atoms with Crippen molar-refractivity contribution in [1.82, 2.24) is 9.62 Å². The Bertz CT molecular complexity index is 1810. The van der Waals surface area contributed by atoms with Crippen molar-refractivity contribution in [2.45, 2.75) is 29.8 Å². The van der Waals surface area contributed by atoms with Crippen LogP contribution in [-0.4, -0.2) is 49.7 Å². The van der Waals surface area contributed by atoms with Crippen LogP contribution >= 0.6 is 0 Å². The van der Waals surface area contributed by atoms with Crippen LogP contribution in [0.25, 0.3) is 0 Å². The van der Waals surface area contributed by atoms with Gasteiger partial charge in [-0.05, 0) is 72.0 Å². The van der Waals surface area contributed by atoms with Gasteiger partial charge < -0.3 is 21.3 Å². The van der Waals surface area contributed by atoms with Crippen LogP contribution in [0.3, 0.4) is 0 Å². The van der Waals surface area contributed by atoms with Gasteiger partial charge in [-0.2, -0.15) is 0 Å². The lowest BCUT2D eigenvalue weighted by atomic mass is 10.1. The van der Waals surface area contributed by atoms with Crippen LogP contribution in [0.2, 0.25) is 0 Å². The largest absolute Gasteiger partial charge is 0.331 e. The molecule has 4 amide bonds. The predicted octanol–water partition coefficient (Wildman–Crippen LogP) is 3.85. The highest BCUT2D eigenvalue weighted by atomic mass is 32.2. The smallest absolute Gasteiger partial charge is 0.328 e. The highest BCUT2D eigenvalue weighted by Crippen LogP contribution is 2.33. The van der Waals surface area contributed by atoms with Crippen molar-refractivity contribution >= 4 is 39.2 Å². The van der Waals surface area contributed by atoms with E-state index in [1.807, 2.05) is 60.7 Å². The number of hydrogen-bond donors (Lipinski definition) is 3. The Kier molecular flexibility index (Phi) is 7.90. The Morgan fingerprint density at radius 3 is 2.32 bits per heavy atom. The zero-order valence-corrected chi connectivity index (χ0v) is 24.5. The topological polar surface area (TPSA) is 142 Å². The average molecular weight is 610 g/mol. The Morgan fingerprint density at radius 1 is 0.932 bits per heavy atom. The van der Waals surface area contributed by atoms with Gasteiger partial charge in [0.2, 0.25) is 5.91 Å². The van der Waals surface area contributed by atoms with Crippen LogP contribution in [0, 0.1) is 0 Å². The third kappa shape index (κ3) is 5.79. The predicted molar refractivity (Wildman–Crippen MR) is 167 cm³/mol. The summed E-state index contributed by atoms with van der Waals surface area (Å²) in [6.45, 7) is 0.368. The van der Waals surface area contributed by atoms with Gasteiger partial charge in [-0.1, -0.05) is 60.7 Å².